The number of alkyl halides is 3. The summed E-state index contributed by atoms with van der Waals surface area (Å²) in [6.45, 7) is 1.76. The molecule has 1 aromatic rings. The van der Waals surface area contributed by atoms with Gasteiger partial charge in [-0.1, -0.05) is 24.6 Å². The lowest BCUT2D eigenvalue weighted by Crippen LogP contribution is -2.50. The second kappa shape index (κ2) is 6.78. The number of aliphatic hydroxyl groups excluding tert-OH is 1. The summed E-state index contributed by atoms with van der Waals surface area (Å²) in [5.74, 6) is 0. The molecule has 7 heteroatoms. The molecule has 2 amide bonds. The van der Waals surface area contributed by atoms with Gasteiger partial charge in [0, 0.05) is 12.0 Å². The van der Waals surface area contributed by atoms with E-state index in [1.54, 1.807) is 13.0 Å². The Kier molecular flexibility index (Phi) is 5.19. The van der Waals surface area contributed by atoms with E-state index >= 15 is 0 Å². The Bertz CT molecular complexity index is 557. The van der Waals surface area contributed by atoms with Crippen molar-refractivity contribution >= 4 is 6.03 Å². The highest BCUT2D eigenvalue weighted by Gasteiger charge is 2.40. The number of urea groups is 1. The van der Waals surface area contributed by atoms with Crippen molar-refractivity contribution in [2.75, 3.05) is 13.2 Å². The monoisotopic (exact) mass is 330 g/mol. The maximum Gasteiger partial charge on any atom is 0.416 e. The van der Waals surface area contributed by atoms with E-state index in [4.69, 9.17) is 5.11 Å². The van der Waals surface area contributed by atoms with Gasteiger partial charge < -0.3 is 15.7 Å². The first-order valence-electron chi connectivity index (χ1n) is 7.60. The fourth-order valence-electron chi connectivity index (χ4n) is 2.77. The summed E-state index contributed by atoms with van der Waals surface area (Å²) in [5.41, 5.74) is -0.505. The summed E-state index contributed by atoms with van der Waals surface area (Å²) in [4.78, 5) is 11.7. The average Bonchev–Trinajstić information content (AvgIpc) is 2.45. The summed E-state index contributed by atoms with van der Waals surface area (Å²) in [7, 11) is 0. The number of carbonyl (C=O) groups excluding carboxylic acids is 1. The van der Waals surface area contributed by atoms with Crippen molar-refractivity contribution in [3.8, 4) is 0 Å². The maximum atomic E-state index is 12.9. The summed E-state index contributed by atoms with van der Waals surface area (Å²) < 4.78 is 38.6. The zero-order valence-corrected chi connectivity index (χ0v) is 12.9. The van der Waals surface area contributed by atoms with Crippen LogP contribution in [-0.4, -0.2) is 30.3 Å². The lowest BCUT2D eigenvalue weighted by atomic mass is 9.64. The SMILES string of the molecule is CC(CO)NC(=O)NCC1(c2cccc(C(F)(F)F)c2)CCC1. The zero-order valence-electron chi connectivity index (χ0n) is 12.9. The van der Waals surface area contributed by atoms with Crippen LogP contribution in [0, 0.1) is 0 Å². The Morgan fingerprint density at radius 3 is 2.61 bits per heavy atom. The Morgan fingerprint density at radius 2 is 2.09 bits per heavy atom. The van der Waals surface area contributed by atoms with Gasteiger partial charge in [0.25, 0.3) is 0 Å². The normalized spacial score (nSPS) is 18.0. The minimum Gasteiger partial charge on any atom is -0.394 e. The molecule has 1 fully saturated rings. The molecular formula is C16H21F3N2O2. The number of benzene rings is 1. The number of hydrogen-bond donors (Lipinski definition) is 3. The lowest BCUT2D eigenvalue weighted by Gasteiger charge is -2.43. The van der Waals surface area contributed by atoms with Crippen LogP contribution in [0.2, 0.25) is 0 Å². The molecule has 128 valence electrons. The van der Waals surface area contributed by atoms with Crippen LogP contribution in [0.15, 0.2) is 24.3 Å². The topological polar surface area (TPSA) is 61.4 Å². The first-order chi connectivity index (χ1) is 10.8. The van der Waals surface area contributed by atoms with Gasteiger partial charge in [0.2, 0.25) is 0 Å². The maximum absolute atomic E-state index is 12.9. The van der Waals surface area contributed by atoms with E-state index in [0.717, 1.165) is 25.3 Å². The highest BCUT2D eigenvalue weighted by atomic mass is 19.4. The van der Waals surface area contributed by atoms with Gasteiger partial charge in [0.05, 0.1) is 18.2 Å². The summed E-state index contributed by atoms with van der Waals surface area (Å²) in [6.07, 6.45) is -1.97. The van der Waals surface area contributed by atoms with Crippen molar-refractivity contribution in [2.24, 2.45) is 0 Å². The van der Waals surface area contributed by atoms with Crippen molar-refractivity contribution in [3.05, 3.63) is 35.4 Å². The van der Waals surface area contributed by atoms with Crippen LogP contribution in [0.4, 0.5) is 18.0 Å². The van der Waals surface area contributed by atoms with E-state index < -0.39 is 23.2 Å². The van der Waals surface area contributed by atoms with Gasteiger partial charge in [-0.25, -0.2) is 4.79 Å². The van der Waals surface area contributed by atoms with Crippen LogP contribution < -0.4 is 10.6 Å². The van der Waals surface area contributed by atoms with Gasteiger partial charge in [-0.3, -0.25) is 0 Å². The molecule has 0 heterocycles. The first-order valence-corrected chi connectivity index (χ1v) is 7.60. The van der Waals surface area contributed by atoms with Gasteiger partial charge in [-0.15, -0.1) is 0 Å². The summed E-state index contributed by atoms with van der Waals surface area (Å²) in [5, 5.41) is 14.2. The molecule has 1 aromatic carbocycles. The Labute approximate surface area is 133 Å². The fraction of sp³-hybridized carbons (Fsp3) is 0.562. The average molecular weight is 330 g/mol. The number of amides is 2. The highest BCUT2D eigenvalue weighted by molar-refractivity contribution is 5.74. The molecule has 23 heavy (non-hydrogen) atoms. The molecule has 1 saturated carbocycles. The molecule has 3 N–H and O–H groups in total. The number of aliphatic hydroxyl groups is 1. The number of hydrogen-bond acceptors (Lipinski definition) is 2. The van der Waals surface area contributed by atoms with Gasteiger partial charge in [0.1, 0.15) is 0 Å². The smallest absolute Gasteiger partial charge is 0.394 e. The molecule has 0 radical (unpaired) electrons. The second-order valence-corrected chi connectivity index (χ2v) is 6.12. The highest BCUT2D eigenvalue weighted by Crippen LogP contribution is 2.44. The quantitative estimate of drug-likeness (QED) is 0.777. The molecule has 1 atom stereocenters. The molecule has 1 aliphatic carbocycles. The third-order valence-corrected chi connectivity index (χ3v) is 4.35. The van der Waals surface area contributed by atoms with Crippen molar-refractivity contribution in [1.29, 1.82) is 0 Å². The van der Waals surface area contributed by atoms with E-state index in [2.05, 4.69) is 10.6 Å². The molecule has 4 nitrogen and oxygen atoms in total. The standard InChI is InChI=1S/C16H21F3N2O2/c1-11(9-22)21-14(23)20-10-15(6-3-7-15)12-4-2-5-13(8-12)16(17,18)19/h2,4-5,8,11,22H,3,6-7,9-10H2,1H3,(H2,20,21,23). The Balaban J connectivity index is 2.08. The largest absolute Gasteiger partial charge is 0.416 e. The number of carbonyl (C=O) groups is 1. The van der Waals surface area contributed by atoms with Gasteiger partial charge >= 0.3 is 12.2 Å². The summed E-state index contributed by atoms with van der Waals surface area (Å²) >= 11 is 0. The van der Waals surface area contributed by atoms with Gasteiger partial charge in [0.15, 0.2) is 0 Å². The molecule has 0 bridgehead atoms. The van der Waals surface area contributed by atoms with Crippen LogP contribution in [-0.2, 0) is 11.6 Å². The predicted molar refractivity (Wildman–Crippen MR) is 80.1 cm³/mol. The molecule has 0 aliphatic heterocycles. The van der Waals surface area contributed by atoms with E-state index in [0.29, 0.717) is 5.56 Å². The number of halogens is 3. The van der Waals surface area contributed by atoms with Crippen molar-refractivity contribution in [2.45, 2.75) is 43.8 Å². The van der Waals surface area contributed by atoms with Gasteiger partial charge in [-0.2, -0.15) is 13.2 Å². The van der Waals surface area contributed by atoms with Crippen LogP contribution in [0.5, 0.6) is 0 Å². The van der Waals surface area contributed by atoms with Crippen molar-refractivity contribution in [3.63, 3.8) is 0 Å². The third kappa shape index (κ3) is 4.16. The Hall–Kier alpha value is -1.76. The number of rotatable bonds is 5. The molecule has 1 aliphatic rings. The van der Waals surface area contributed by atoms with Crippen LogP contribution >= 0.6 is 0 Å². The number of nitrogens with one attached hydrogen (secondary N) is 2. The first kappa shape index (κ1) is 17.6. The predicted octanol–water partition coefficient (Wildman–Crippen LogP) is 2.81. The zero-order chi connectivity index (χ0) is 17.1. The van der Waals surface area contributed by atoms with Crippen molar-refractivity contribution in [1.82, 2.24) is 10.6 Å². The molecule has 2 rings (SSSR count). The summed E-state index contributed by atoms with van der Waals surface area (Å²) in [6, 6.07) is 4.52. The van der Waals surface area contributed by atoms with E-state index in [-0.39, 0.29) is 19.2 Å². The van der Waals surface area contributed by atoms with Crippen LogP contribution in [0.1, 0.15) is 37.3 Å². The fourth-order valence-corrected chi connectivity index (χ4v) is 2.77. The van der Waals surface area contributed by atoms with Crippen LogP contribution in [0.3, 0.4) is 0 Å². The third-order valence-electron chi connectivity index (χ3n) is 4.35. The minimum atomic E-state index is -4.37. The van der Waals surface area contributed by atoms with Crippen LogP contribution in [0.25, 0.3) is 0 Å². The van der Waals surface area contributed by atoms with E-state index in [1.807, 2.05) is 0 Å². The Morgan fingerprint density at radius 1 is 1.39 bits per heavy atom. The van der Waals surface area contributed by atoms with Gasteiger partial charge in [-0.05, 0) is 31.4 Å². The second-order valence-electron chi connectivity index (χ2n) is 6.12. The van der Waals surface area contributed by atoms with E-state index in [1.165, 1.54) is 12.1 Å². The molecule has 1 unspecified atom stereocenters. The molecule has 0 spiro atoms. The minimum absolute atomic E-state index is 0.174. The molecular weight excluding hydrogens is 309 g/mol. The molecule has 0 aromatic heterocycles. The van der Waals surface area contributed by atoms with Crippen molar-refractivity contribution < 1.29 is 23.1 Å². The lowest BCUT2D eigenvalue weighted by molar-refractivity contribution is -0.137. The molecule has 0 saturated heterocycles. The van der Waals surface area contributed by atoms with E-state index in [9.17, 15) is 18.0 Å².